The van der Waals surface area contributed by atoms with Gasteiger partial charge in [-0.1, -0.05) is 0 Å². The SMILES string of the molecule is CN([O-])CC(N)OC(N)=O. The molecule has 0 saturated heterocycles. The van der Waals surface area contributed by atoms with Crippen LogP contribution in [0.2, 0.25) is 0 Å². The van der Waals surface area contributed by atoms with Gasteiger partial charge in [0.25, 0.3) is 0 Å². The third kappa shape index (κ3) is 5.29. The van der Waals surface area contributed by atoms with Gasteiger partial charge in [-0.15, -0.1) is 0 Å². The molecule has 1 atom stereocenters. The predicted octanol–water partition coefficient (Wildman–Crippen LogP) is -1.20. The number of nitrogens with zero attached hydrogens (tertiary/aromatic N) is 1. The van der Waals surface area contributed by atoms with Crippen LogP contribution in [0.3, 0.4) is 0 Å². The average molecular weight is 148 g/mol. The van der Waals surface area contributed by atoms with E-state index in [9.17, 15) is 10.0 Å². The topological polar surface area (TPSA) is 105 Å². The molecule has 6 heteroatoms. The van der Waals surface area contributed by atoms with Crippen LogP contribution in [0.4, 0.5) is 4.79 Å². The van der Waals surface area contributed by atoms with Gasteiger partial charge >= 0.3 is 6.09 Å². The minimum Gasteiger partial charge on any atom is -0.785 e. The van der Waals surface area contributed by atoms with E-state index in [1.807, 2.05) is 0 Å². The molecule has 0 bridgehead atoms. The number of hydrogen-bond acceptors (Lipinski definition) is 5. The van der Waals surface area contributed by atoms with Crippen molar-refractivity contribution in [2.24, 2.45) is 11.5 Å². The third-order valence-corrected chi connectivity index (χ3v) is 0.705. The maximum absolute atomic E-state index is 10.2. The van der Waals surface area contributed by atoms with Crippen LogP contribution in [-0.4, -0.2) is 31.0 Å². The molecule has 0 aliphatic rings. The Bertz CT molecular complexity index is 116. The molecule has 60 valence electrons. The van der Waals surface area contributed by atoms with Gasteiger partial charge in [0, 0.05) is 6.54 Å². The van der Waals surface area contributed by atoms with Crippen molar-refractivity contribution in [3.8, 4) is 0 Å². The first-order valence-electron chi connectivity index (χ1n) is 2.62. The van der Waals surface area contributed by atoms with Crippen LogP contribution >= 0.6 is 0 Å². The molecular formula is C4H10N3O3-. The van der Waals surface area contributed by atoms with Crippen molar-refractivity contribution in [1.82, 2.24) is 5.06 Å². The Kier molecular flexibility index (Phi) is 3.70. The summed E-state index contributed by atoms with van der Waals surface area (Å²) < 4.78 is 4.24. The average Bonchev–Trinajstić information content (AvgIpc) is 1.58. The van der Waals surface area contributed by atoms with Gasteiger partial charge in [0.15, 0.2) is 6.23 Å². The number of likely N-dealkylation sites (N-methyl/N-ethyl adjacent to an activating group) is 1. The fourth-order valence-corrected chi connectivity index (χ4v) is 0.440. The number of rotatable bonds is 3. The number of nitrogens with two attached hydrogens (primary N) is 2. The van der Waals surface area contributed by atoms with Gasteiger partial charge in [0.05, 0.1) is 0 Å². The van der Waals surface area contributed by atoms with Crippen LogP contribution < -0.4 is 11.5 Å². The number of ether oxygens (including phenoxy) is 1. The van der Waals surface area contributed by atoms with E-state index in [0.29, 0.717) is 5.06 Å². The number of primary amides is 1. The second kappa shape index (κ2) is 4.04. The van der Waals surface area contributed by atoms with Crippen molar-refractivity contribution >= 4 is 6.09 Å². The normalized spacial score (nSPS) is 13.2. The summed E-state index contributed by atoms with van der Waals surface area (Å²) in [6.07, 6.45) is -1.92. The molecule has 0 spiro atoms. The summed E-state index contributed by atoms with van der Waals surface area (Å²) in [5, 5.41) is 10.8. The summed E-state index contributed by atoms with van der Waals surface area (Å²) in [6.45, 7) is -0.0804. The molecule has 1 amide bonds. The Morgan fingerprint density at radius 2 is 2.40 bits per heavy atom. The summed E-state index contributed by atoms with van der Waals surface area (Å²) in [5.41, 5.74) is 9.72. The molecule has 4 N–H and O–H groups in total. The number of hydrogen-bond donors (Lipinski definition) is 2. The first-order valence-corrected chi connectivity index (χ1v) is 2.62. The molecule has 0 saturated carbocycles. The van der Waals surface area contributed by atoms with Crippen molar-refractivity contribution in [1.29, 1.82) is 0 Å². The minimum absolute atomic E-state index is 0.0804. The van der Waals surface area contributed by atoms with Crippen LogP contribution in [0.15, 0.2) is 0 Å². The molecule has 0 heterocycles. The van der Waals surface area contributed by atoms with Crippen LogP contribution in [0.5, 0.6) is 0 Å². The number of amides is 1. The largest absolute Gasteiger partial charge is 0.785 e. The summed E-state index contributed by atoms with van der Waals surface area (Å²) in [6, 6.07) is 0. The molecular weight excluding hydrogens is 138 g/mol. The monoisotopic (exact) mass is 148 g/mol. The fraction of sp³-hybridized carbons (Fsp3) is 0.750. The maximum Gasteiger partial charge on any atom is 0.406 e. The van der Waals surface area contributed by atoms with Crippen molar-refractivity contribution in [2.75, 3.05) is 13.6 Å². The Morgan fingerprint density at radius 3 is 2.70 bits per heavy atom. The van der Waals surface area contributed by atoms with E-state index in [1.54, 1.807) is 0 Å². The summed E-state index contributed by atoms with van der Waals surface area (Å²) >= 11 is 0. The molecule has 0 aromatic heterocycles. The van der Waals surface area contributed by atoms with E-state index in [2.05, 4.69) is 10.5 Å². The molecule has 0 aromatic rings. The molecule has 1 unspecified atom stereocenters. The highest BCUT2D eigenvalue weighted by Gasteiger charge is 2.03. The highest BCUT2D eigenvalue weighted by molar-refractivity contribution is 5.64. The molecule has 0 radical (unpaired) electrons. The number of carbonyl (C=O) groups is 1. The lowest BCUT2D eigenvalue weighted by molar-refractivity contribution is 0.0958. The van der Waals surface area contributed by atoms with E-state index in [4.69, 9.17) is 5.73 Å². The van der Waals surface area contributed by atoms with Gasteiger partial charge < -0.3 is 20.7 Å². The fourth-order valence-electron chi connectivity index (χ4n) is 0.440. The second-order valence-electron chi connectivity index (χ2n) is 1.79. The van der Waals surface area contributed by atoms with E-state index in [-0.39, 0.29) is 6.54 Å². The van der Waals surface area contributed by atoms with E-state index >= 15 is 0 Å². The van der Waals surface area contributed by atoms with Gasteiger partial charge in [-0.25, -0.2) is 4.79 Å². The van der Waals surface area contributed by atoms with Crippen molar-refractivity contribution in [3.63, 3.8) is 0 Å². The van der Waals surface area contributed by atoms with Crippen LogP contribution in [0.25, 0.3) is 0 Å². The molecule has 0 fully saturated rings. The van der Waals surface area contributed by atoms with Crippen molar-refractivity contribution in [2.45, 2.75) is 6.23 Å². The van der Waals surface area contributed by atoms with Crippen LogP contribution in [0.1, 0.15) is 0 Å². The van der Waals surface area contributed by atoms with Gasteiger partial charge in [-0.2, -0.15) is 0 Å². The highest BCUT2D eigenvalue weighted by atomic mass is 16.6. The first kappa shape index (κ1) is 9.15. The summed E-state index contributed by atoms with van der Waals surface area (Å²) in [5.74, 6) is 0. The molecule has 0 aliphatic carbocycles. The van der Waals surface area contributed by atoms with Gasteiger partial charge in [0.1, 0.15) is 0 Å². The number of carbonyl (C=O) groups excluding carboxylic acids is 1. The molecule has 0 aromatic carbocycles. The Balaban J connectivity index is 3.43. The molecule has 6 nitrogen and oxygen atoms in total. The zero-order valence-corrected chi connectivity index (χ0v) is 5.61. The lowest BCUT2D eigenvalue weighted by atomic mass is 10.6. The van der Waals surface area contributed by atoms with Crippen LogP contribution in [-0.2, 0) is 4.74 Å². The maximum atomic E-state index is 10.2. The zero-order chi connectivity index (χ0) is 8.15. The van der Waals surface area contributed by atoms with Crippen molar-refractivity contribution < 1.29 is 9.53 Å². The highest BCUT2D eigenvalue weighted by Crippen LogP contribution is 1.85. The van der Waals surface area contributed by atoms with Gasteiger partial charge in [0.2, 0.25) is 0 Å². The third-order valence-electron chi connectivity index (χ3n) is 0.705. The molecule has 0 aliphatic heterocycles. The molecule has 10 heavy (non-hydrogen) atoms. The second-order valence-corrected chi connectivity index (χ2v) is 1.79. The molecule has 0 rings (SSSR count). The Labute approximate surface area is 58.3 Å². The first-order chi connectivity index (χ1) is 4.52. The van der Waals surface area contributed by atoms with Gasteiger partial charge in [-0.3, -0.25) is 5.73 Å². The minimum atomic E-state index is -0.977. The smallest absolute Gasteiger partial charge is 0.406 e. The lowest BCUT2D eigenvalue weighted by Gasteiger charge is -2.24. The quantitative estimate of drug-likeness (QED) is 0.386. The Morgan fingerprint density at radius 1 is 1.90 bits per heavy atom. The predicted molar refractivity (Wildman–Crippen MR) is 34.6 cm³/mol. The summed E-state index contributed by atoms with van der Waals surface area (Å²) in [7, 11) is 1.27. The van der Waals surface area contributed by atoms with Crippen LogP contribution in [0, 0.1) is 5.21 Å². The zero-order valence-electron chi connectivity index (χ0n) is 5.61. The number of hydroxylamine groups is 2. The summed E-state index contributed by atoms with van der Waals surface area (Å²) in [4.78, 5) is 9.99. The van der Waals surface area contributed by atoms with Crippen molar-refractivity contribution in [3.05, 3.63) is 5.21 Å². The van der Waals surface area contributed by atoms with E-state index < -0.39 is 12.3 Å². The Hall–Kier alpha value is -0.850. The van der Waals surface area contributed by atoms with Gasteiger partial charge in [-0.05, 0) is 7.05 Å². The van der Waals surface area contributed by atoms with E-state index in [0.717, 1.165) is 0 Å². The lowest BCUT2D eigenvalue weighted by Crippen LogP contribution is -2.38. The van der Waals surface area contributed by atoms with E-state index in [1.165, 1.54) is 7.05 Å². The standard InChI is InChI=1S/C4H10N3O3/c1-7(9)2-3(5)10-4(6)8/h3H,2,5H2,1H3,(H2,6,8)/q-1.